The Morgan fingerprint density at radius 1 is 1.47 bits per heavy atom. The van der Waals surface area contributed by atoms with Crippen LogP contribution in [0.15, 0.2) is 30.3 Å². The second kappa shape index (κ2) is 3.74. The predicted octanol–water partition coefficient (Wildman–Crippen LogP) is 1.12. The summed E-state index contributed by atoms with van der Waals surface area (Å²) in [6.07, 6.45) is 0.323. The normalized spacial score (nSPS) is 12.9. The third kappa shape index (κ3) is 1.99. The van der Waals surface area contributed by atoms with Gasteiger partial charge in [0.05, 0.1) is 0 Å². The Morgan fingerprint density at radius 2 is 2.20 bits per heavy atom. The van der Waals surface area contributed by atoms with E-state index in [1.54, 1.807) is 0 Å². The standard InChI is InChI=1S/C11H12N2O2/c12-9(11(14)15)6-8-5-7-3-1-2-4-10(7)13-8/h1-5,9,13H,6,12H2,(H,14,15). The zero-order valence-corrected chi connectivity index (χ0v) is 8.10. The number of aromatic amines is 1. The number of benzene rings is 1. The first-order valence-corrected chi connectivity index (χ1v) is 4.72. The van der Waals surface area contributed by atoms with E-state index in [2.05, 4.69) is 4.98 Å². The van der Waals surface area contributed by atoms with Crippen molar-refractivity contribution >= 4 is 16.9 Å². The quantitative estimate of drug-likeness (QED) is 0.701. The zero-order chi connectivity index (χ0) is 10.8. The van der Waals surface area contributed by atoms with E-state index in [0.29, 0.717) is 6.42 Å². The molecular formula is C11H12N2O2. The van der Waals surface area contributed by atoms with Gasteiger partial charge in [-0.2, -0.15) is 0 Å². The Morgan fingerprint density at radius 3 is 2.87 bits per heavy atom. The number of para-hydroxylation sites is 1. The summed E-state index contributed by atoms with van der Waals surface area (Å²) in [6, 6.07) is 8.87. The number of carboxylic acids is 1. The summed E-state index contributed by atoms with van der Waals surface area (Å²) < 4.78 is 0. The summed E-state index contributed by atoms with van der Waals surface area (Å²) >= 11 is 0. The van der Waals surface area contributed by atoms with Crippen molar-refractivity contribution in [2.24, 2.45) is 5.73 Å². The smallest absolute Gasteiger partial charge is 0.320 e. The highest BCUT2D eigenvalue weighted by atomic mass is 16.4. The maximum atomic E-state index is 10.6. The van der Waals surface area contributed by atoms with Gasteiger partial charge in [0.1, 0.15) is 6.04 Å². The molecule has 78 valence electrons. The molecule has 0 aliphatic heterocycles. The van der Waals surface area contributed by atoms with E-state index in [1.807, 2.05) is 30.3 Å². The Hall–Kier alpha value is -1.81. The highest BCUT2D eigenvalue weighted by Crippen LogP contribution is 2.15. The Kier molecular flexibility index (Phi) is 2.43. The maximum Gasteiger partial charge on any atom is 0.320 e. The number of fused-ring (bicyclic) bond motifs is 1. The summed E-state index contributed by atoms with van der Waals surface area (Å²) in [5.74, 6) is -0.978. The summed E-state index contributed by atoms with van der Waals surface area (Å²) in [5, 5.41) is 9.75. The number of carboxylic acid groups (broad SMARTS) is 1. The Labute approximate surface area is 86.7 Å². The number of H-pyrrole nitrogens is 1. The lowest BCUT2D eigenvalue weighted by Gasteiger charge is -2.02. The van der Waals surface area contributed by atoms with Gasteiger partial charge in [-0.15, -0.1) is 0 Å². The molecule has 0 saturated carbocycles. The van der Waals surface area contributed by atoms with Crippen molar-refractivity contribution in [1.82, 2.24) is 4.98 Å². The molecular weight excluding hydrogens is 192 g/mol. The molecule has 1 aromatic carbocycles. The molecule has 1 unspecified atom stereocenters. The lowest BCUT2D eigenvalue weighted by atomic mass is 10.1. The first-order chi connectivity index (χ1) is 7.16. The molecule has 15 heavy (non-hydrogen) atoms. The van der Waals surface area contributed by atoms with Crippen LogP contribution < -0.4 is 5.73 Å². The van der Waals surface area contributed by atoms with Crippen LogP contribution in [0.2, 0.25) is 0 Å². The van der Waals surface area contributed by atoms with Gasteiger partial charge in [-0.1, -0.05) is 18.2 Å². The van der Waals surface area contributed by atoms with Gasteiger partial charge in [0.25, 0.3) is 0 Å². The van der Waals surface area contributed by atoms with Gasteiger partial charge in [0.2, 0.25) is 0 Å². The van der Waals surface area contributed by atoms with Crippen molar-refractivity contribution in [3.63, 3.8) is 0 Å². The van der Waals surface area contributed by atoms with Gasteiger partial charge in [-0.25, -0.2) is 0 Å². The van der Waals surface area contributed by atoms with Gasteiger partial charge in [0, 0.05) is 17.6 Å². The highest BCUT2D eigenvalue weighted by molar-refractivity contribution is 5.80. The molecule has 0 spiro atoms. The number of hydrogen-bond donors (Lipinski definition) is 3. The topological polar surface area (TPSA) is 79.1 Å². The minimum atomic E-state index is -0.978. The van der Waals surface area contributed by atoms with Crippen LogP contribution in [-0.2, 0) is 11.2 Å². The van der Waals surface area contributed by atoms with Crippen LogP contribution in [0.4, 0.5) is 0 Å². The predicted molar refractivity (Wildman–Crippen MR) is 57.6 cm³/mol. The molecule has 2 rings (SSSR count). The fourth-order valence-electron chi connectivity index (χ4n) is 1.57. The first kappa shape index (κ1) is 9.73. The molecule has 0 fully saturated rings. The number of aliphatic carboxylic acids is 1. The summed E-state index contributed by atoms with van der Waals surface area (Å²) in [4.78, 5) is 13.7. The number of aromatic nitrogens is 1. The number of nitrogens with one attached hydrogen (secondary N) is 1. The maximum absolute atomic E-state index is 10.6. The first-order valence-electron chi connectivity index (χ1n) is 4.72. The molecule has 0 amide bonds. The van der Waals surface area contributed by atoms with Gasteiger partial charge < -0.3 is 15.8 Å². The van der Waals surface area contributed by atoms with E-state index in [-0.39, 0.29) is 0 Å². The fourth-order valence-corrected chi connectivity index (χ4v) is 1.57. The van der Waals surface area contributed by atoms with Gasteiger partial charge in [-0.3, -0.25) is 4.79 Å². The number of carbonyl (C=O) groups is 1. The third-order valence-corrected chi connectivity index (χ3v) is 2.34. The second-order valence-electron chi connectivity index (χ2n) is 3.53. The van der Waals surface area contributed by atoms with Crippen LogP contribution in [0, 0.1) is 0 Å². The van der Waals surface area contributed by atoms with Crippen molar-refractivity contribution in [2.45, 2.75) is 12.5 Å². The average molecular weight is 204 g/mol. The van der Waals surface area contributed by atoms with Crippen molar-refractivity contribution in [3.05, 3.63) is 36.0 Å². The monoisotopic (exact) mass is 204 g/mol. The third-order valence-electron chi connectivity index (χ3n) is 2.34. The lowest BCUT2D eigenvalue weighted by Crippen LogP contribution is -2.32. The van der Waals surface area contributed by atoms with Crippen molar-refractivity contribution < 1.29 is 9.90 Å². The largest absolute Gasteiger partial charge is 0.480 e. The van der Waals surface area contributed by atoms with Gasteiger partial charge in [-0.05, 0) is 17.5 Å². The number of rotatable bonds is 3. The van der Waals surface area contributed by atoms with E-state index >= 15 is 0 Å². The molecule has 0 aliphatic rings. The van der Waals surface area contributed by atoms with Gasteiger partial charge >= 0.3 is 5.97 Å². The molecule has 4 heteroatoms. The minimum absolute atomic E-state index is 0.323. The number of nitrogens with two attached hydrogens (primary N) is 1. The second-order valence-corrected chi connectivity index (χ2v) is 3.53. The van der Waals surface area contributed by atoms with E-state index in [4.69, 9.17) is 10.8 Å². The summed E-state index contributed by atoms with van der Waals surface area (Å²) in [6.45, 7) is 0. The molecule has 0 aliphatic carbocycles. The van der Waals surface area contributed by atoms with E-state index < -0.39 is 12.0 Å². The minimum Gasteiger partial charge on any atom is -0.480 e. The average Bonchev–Trinajstić information content (AvgIpc) is 2.59. The van der Waals surface area contributed by atoms with Crippen LogP contribution in [0.1, 0.15) is 5.69 Å². The van der Waals surface area contributed by atoms with E-state index in [1.165, 1.54) is 0 Å². The molecule has 0 saturated heterocycles. The Balaban J connectivity index is 2.26. The van der Waals surface area contributed by atoms with Crippen molar-refractivity contribution in [2.75, 3.05) is 0 Å². The molecule has 4 N–H and O–H groups in total. The molecule has 0 bridgehead atoms. The molecule has 1 atom stereocenters. The van der Waals surface area contributed by atoms with Crippen LogP contribution in [0.5, 0.6) is 0 Å². The van der Waals surface area contributed by atoms with E-state index in [9.17, 15) is 4.79 Å². The fraction of sp³-hybridized carbons (Fsp3) is 0.182. The summed E-state index contributed by atoms with van der Waals surface area (Å²) in [5.41, 5.74) is 7.31. The summed E-state index contributed by atoms with van der Waals surface area (Å²) in [7, 11) is 0. The zero-order valence-electron chi connectivity index (χ0n) is 8.10. The molecule has 1 heterocycles. The highest BCUT2D eigenvalue weighted by Gasteiger charge is 2.13. The lowest BCUT2D eigenvalue weighted by molar-refractivity contribution is -0.138. The molecule has 0 radical (unpaired) electrons. The molecule has 2 aromatic rings. The van der Waals surface area contributed by atoms with Crippen LogP contribution in [0.3, 0.4) is 0 Å². The van der Waals surface area contributed by atoms with Crippen molar-refractivity contribution in [1.29, 1.82) is 0 Å². The molecule has 1 aromatic heterocycles. The molecule has 4 nitrogen and oxygen atoms in total. The van der Waals surface area contributed by atoms with Crippen LogP contribution in [0.25, 0.3) is 10.9 Å². The van der Waals surface area contributed by atoms with Crippen LogP contribution in [-0.4, -0.2) is 22.1 Å². The van der Waals surface area contributed by atoms with Crippen molar-refractivity contribution in [3.8, 4) is 0 Å². The Bertz CT molecular complexity index is 457. The van der Waals surface area contributed by atoms with Crippen LogP contribution >= 0.6 is 0 Å². The SMILES string of the molecule is NC(Cc1cc2ccccc2[nH]1)C(=O)O. The number of hydrogen-bond acceptors (Lipinski definition) is 2. The van der Waals surface area contributed by atoms with Gasteiger partial charge in [0.15, 0.2) is 0 Å². The van der Waals surface area contributed by atoms with E-state index in [0.717, 1.165) is 16.6 Å².